The topological polar surface area (TPSA) is 105 Å². The van der Waals surface area contributed by atoms with E-state index < -0.39 is 29.3 Å². The number of nitrogens with zero attached hydrogens (tertiary/aromatic N) is 2. The number of aliphatic hydroxyl groups excluding tert-OH is 1. The van der Waals surface area contributed by atoms with Crippen molar-refractivity contribution in [2.24, 2.45) is 0 Å². The van der Waals surface area contributed by atoms with Crippen LogP contribution in [-0.4, -0.2) is 41.0 Å². The molecule has 1 unspecified atom stereocenters. The normalized spacial score (nSPS) is 17.1. The van der Waals surface area contributed by atoms with Crippen molar-refractivity contribution in [2.45, 2.75) is 13.0 Å². The Balaban J connectivity index is 1.73. The summed E-state index contributed by atoms with van der Waals surface area (Å²) in [7, 11) is 3.04. The maximum atomic E-state index is 13.9. The third kappa shape index (κ3) is 3.74. The molecule has 0 bridgehead atoms. The number of halogens is 1. The standard InChI is InChI=1S/C27H22FN3O5/c1-14-11-16(7-9-19(14)28)24(32)22-23(15-5-4-6-17(12-15)35-2)31(26(34)25(22)33)27-29-20-10-8-18(36-3)13-21(20)30-27/h4-13,23,32H,1-3H3,(H,29,30)/b24-22+. The fraction of sp³-hybridized carbons (Fsp3) is 0.148. The monoisotopic (exact) mass is 487 g/mol. The average molecular weight is 487 g/mol. The molecule has 182 valence electrons. The summed E-state index contributed by atoms with van der Waals surface area (Å²) in [6, 6.07) is 15.0. The van der Waals surface area contributed by atoms with Crippen molar-refractivity contribution < 1.29 is 28.6 Å². The van der Waals surface area contributed by atoms with Crippen molar-refractivity contribution in [1.82, 2.24) is 9.97 Å². The molecule has 4 aromatic rings. The van der Waals surface area contributed by atoms with Gasteiger partial charge in [-0.3, -0.25) is 14.5 Å². The average Bonchev–Trinajstić information content (AvgIpc) is 3.42. The molecule has 0 spiro atoms. The highest BCUT2D eigenvalue weighted by Crippen LogP contribution is 2.42. The van der Waals surface area contributed by atoms with Crippen LogP contribution in [0.2, 0.25) is 0 Å². The zero-order chi connectivity index (χ0) is 25.6. The Hall–Kier alpha value is -4.66. The van der Waals surface area contributed by atoms with E-state index in [4.69, 9.17) is 9.47 Å². The molecule has 1 saturated heterocycles. The summed E-state index contributed by atoms with van der Waals surface area (Å²) in [4.78, 5) is 35.5. The number of ether oxygens (including phenoxy) is 2. The lowest BCUT2D eigenvalue weighted by Gasteiger charge is -2.23. The summed E-state index contributed by atoms with van der Waals surface area (Å²) in [6.45, 7) is 1.55. The van der Waals surface area contributed by atoms with Crippen molar-refractivity contribution in [1.29, 1.82) is 0 Å². The number of aryl methyl sites for hydroxylation is 1. The first-order chi connectivity index (χ1) is 17.3. The summed E-state index contributed by atoms with van der Waals surface area (Å²) in [6.07, 6.45) is 0. The van der Waals surface area contributed by atoms with Crippen molar-refractivity contribution in [3.05, 3.63) is 88.7 Å². The quantitative estimate of drug-likeness (QED) is 0.241. The number of hydrogen-bond acceptors (Lipinski definition) is 6. The number of amides is 1. The first-order valence-electron chi connectivity index (χ1n) is 11.1. The minimum Gasteiger partial charge on any atom is -0.507 e. The highest BCUT2D eigenvalue weighted by molar-refractivity contribution is 6.51. The van der Waals surface area contributed by atoms with Gasteiger partial charge in [-0.05, 0) is 60.5 Å². The molecule has 1 atom stereocenters. The molecule has 1 amide bonds. The van der Waals surface area contributed by atoms with Gasteiger partial charge in [0.15, 0.2) is 0 Å². The Kier molecular flexibility index (Phi) is 5.68. The number of methoxy groups -OCH3 is 2. The number of aromatic amines is 1. The molecular formula is C27H22FN3O5. The number of nitrogens with one attached hydrogen (secondary N) is 1. The van der Waals surface area contributed by atoms with Gasteiger partial charge < -0.3 is 19.6 Å². The van der Waals surface area contributed by atoms with Gasteiger partial charge in [-0.15, -0.1) is 0 Å². The summed E-state index contributed by atoms with van der Waals surface area (Å²) < 4.78 is 24.5. The third-order valence-corrected chi connectivity index (χ3v) is 6.19. The van der Waals surface area contributed by atoms with Crippen LogP contribution in [0.5, 0.6) is 11.5 Å². The van der Waals surface area contributed by atoms with Crippen LogP contribution in [0.25, 0.3) is 16.8 Å². The van der Waals surface area contributed by atoms with Gasteiger partial charge in [-0.2, -0.15) is 0 Å². The lowest BCUT2D eigenvalue weighted by atomic mass is 9.94. The fourth-order valence-electron chi connectivity index (χ4n) is 4.34. The van der Waals surface area contributed by atoms with Crippen LogP contribution in [0.3, 0.4) is 0 Å². The summed E-state index contributed by atoms with van der Waals surface area (Å²) in [5.74, 6) is -1.39. The van der Waals surface area contributed by atoms with Crippen LogP contribution in [0.15, 0.2) is 66.2 Å². The molecule has 0 saturated carbocycles. The predicted molar refractivity (Wildman–Crippen MR) is 132 cm³/mol. The number of H-pyrrole nitrogens is 1. The van der Waals surface area contributed by atoms with Crippen LogP contribution in [-0.2, 0) is 9.59 Å². The molecule has 0 aliphatic carbocycles. The van der Waals surface area contributed by atoms with Gasteiger partial charge in [0.2, 0.25) is 5.95 Å². The highest BCUT2D eigenvalue weighted by Gasteiger charge is 2.48. The molecule has 5 rings (SSSR count). The summed E-state index contributed by atoms with van der Waals surface area (Å²) in [5.41, 5.74) is 2.05. The van der Waals surface area contributed by atoms with Crippen molar-refractivity contribution >= 4 is 34.4 Å². The predicted octanol–water partition coefficient (Wildman–Crippen LogP) is 4.65. The van der Waals surface area contributed by atoms with Crippen molar-refractivity contribution in [2.75, 3.05) is 19.1 Å². The van der Waals surface area contributed by atoms with Crippen LogP contribution in [0.1, 0.15) is 22.7 Å². The minimum atomic E-state index is -1.02. The van der Waals surface area contributed by atoms with Gasteiger partial charge in [0.1, 0.15) is 23.1 Å². The number of aromatic nitrogens is 2. The van der Waals surface area contributed by atoms with E-state index in [0.29, 0.717) is 28.1 Å². The molecule has 2 heterocycles. The second-order valence-corrected chi connectivity index (χ2v) is 8.35. The summed E-state index contributed by atoms with van der Waals surface area (Å²) >= 11 is 0. The summed E-state index contributed by atoms with van der Waals surface area (Å²) in [5, 5.41) is 11.2. The van der Waals surface area contributed by atoms with Gasteiger partial charge in [0.05, 0.1) is 36.9 Å². The van der Waals surface area contributed by atoms with E-state index in [-0.39, 0.29) is 22.6 Å². The zero-order valence-corrected chi connectivity index (χ0v) is 19.7. The van der Waals surface area contributed by atoms with Crippen molar-refractivity contribution in [3.63, 3.8) is 0 Å². The Bertz CT molecular complexity index is 1560. The number of aliphatic hydroxyl groups is 1. The Morgan fingerprint density at radius 2 is 1.78 bits per heavy atom. The van der Waals surface area contributed by atoms with E-state index in [1.165, 1.54) is 37.3 Å². The fourth-order valence-corrected chi connectivity index (χ4v) is 4.34. The molecule has 3 aromatic carbocycles. The van der Waals surface area contributed by atoms with E-state index in [1.807, 2.05) is 0 Å². The number of ketones is 1. The van der Waals surface area contributed by atoms with Crippen LogP contribution >= 0.6 is 0 Å². The first-order valence-corrected chi connectivity index (χ1v) is 11.1. The Morgan fingerprint density at radius 1 is 1.03 bits per heavy atom. The molecular weight excluding hydrogens is 465 g/mol. The van der Waals surface area contributed by atoms with E-state index >= 15 is 0 Å². The molecule has 8 nitrogen and oxygen atoms in total. The number of fused-ring (bicyclic) bond motifs is 1. The maximum absolute atomic E-state index is 13.9. The Morgan fingerprint density at radius 3 is 2.50 bits per heavy atom. The number of carbonyl (C=O) groups excluding carboxylic acids is 2. The molecule has 9 heteroatoms. The second kappa shape index (κ2) is 8.84. The van der Waals surface area contributed by atoms with E-state index in [1.54, 1.807) is 49.4 Å². The van der Waals surface area contributed by atoms with Gasteiger partial charge in [0.25, 0.3) is 5.78 Å². The van der Waals surface area contributed by atoms with E-state index in [2.05, 4.69) is 9.97 Å². The lowest BCUT2D eigenvalue weighted by molar-refractivity contribution is -0.132. The van der Waals surface area contributed by atoms with Gasteiger partial charge in [-0.25, -0.2) is 9.37 Å². The number of rotatable bonds is 5. The molecule has 1 aromatic heterocycles. The highest BCUT2D eigenvalue weighted by atomic mass is 19.1. The third-order valence-electron chi connectivity index (χ3n) is 6.19. The lowest BCUT2D eigenvalue weighted by Crippen LogP contribution is -2.30. The Labute approximate surface area is 205 Å². The zero-order valence-electron chi connectivity index (χ0n) is 19.7. The largest absolute Gasteiger partial charge is 0.507 e. The number of imidazole rings is 1. The van der Waals surface area contributed by atoms with Crippen molar-refractivity contribution in [3.8, 4) is 11.5 Å². The van der Waals surface area contributed by atoms with Crippen LogP contribution in [0.4, 0.5) is 10.3 Å². The molecule has 0 radical (unpaired) electrons. The van der Waals surface area contributed by atoms with Gasteiger partial charge in [0, 0.05) is 11.6 Å². The molecule has 1 aliphatic heterocycles. The van der Waals surface area contributed by atoms with Crippen LogP contribution < -0.4 is 14.4 Å². The number of anilines is 1. The number of Topliss-reactive ketones (excluding diaryl/α,β-unsaturated/α-hetero) is 1. The van der Waals surface area contributed by atoms with E-state index in [0.717, 1.165) is 0 Å². The SMILES string of the molecule is COc1cccc(C2/C(=C(\O)c3ccc(F)c(C)c3)C(=O)C(=O)N2c2nc3ccc(OC)cc3[nH]2)c1. The van der Waals surface area contributed by atoms with E-state index in [9.17, 15) is 19.1 Å². The molecule has 1 aliphatic rings. The van der Waals surface area contributed by atoms with Gasteiger partial charge >= 0.3 is 5.91 Å². The molecule has 2 N–H and O–H groups in total. The number of benzene rings is 3. The van der Waals surface area contributed by atoms with Crippen LogP contribution in [0, 0.1) is 12.7 Å². The number of carbonyl (C=O) groups is 2. The second-order valence-electron chi connectivity index (χ2n) is 8.35. The number of hydrogen-bond donors (Lipinski definition) is 2. The molecule has 1 fully saturated rings. The van der Waals surface area contributed by atoms with Gasteiger partial charge in [-0.1, -0.05) is 12.1 Å². The molecule has 36 heavy (non-hydrogen) atoms. The smallest absolute Gasteiger partial charge is 0.302 e. The maximum Gasteiger partial charge on any atom is 0.302 e. The first kappa shape index (κ1) is 23.1. The minimum absolute atomic E-state index is 0.127.